The largest absolute Gasteiger partial charge is 0.306 e. The number of H-pyrrole nitrogens is 1. The third-order valence-electron chi connectivity index (χ3n) is 3.31. The van der Waals surface area contributed by atoms with E-state index in [0.717, 1.165) is 23.4 Å². The molecule has 20 heavy (non-hydrogen) atoms. The predicted molar refractivity (Wildman–Crippen MR) is 81.4 cm³/mol. The van der Waals surface area contributed by atoms with Crippen LogP contribution in [0, 0.1) is 0 Å². The minimum absolute atomic E-state index is 0.331. The minimum Gasteiger partial charge on any atom is -0.306 e. The van der Waals surface area contributed by atoms with E-state index in [2.05, 4.69) is 44.2 Å². The Morgan fingerprint density at radius 2 is 2.30 bits per heavy atom. The molecule has 0 fully saturated rings. The van der Waals surface area contributed by atoms with Crippen LogP contribution < -0.4 is 5.32 Å². The van der Waals surface area contributed by atoms with E-state index in [0.29, 0.717) is 6.04 Å². The fourth-order valence-corrected chi connectivity index (χ4v) is 2.86. The van der Waals surface area contributed by atoms with Crippen LogP contribution in [0.5, 0.6) is 0 Å². The summed E-state index contributed by atoms with van der Waals surface area (Å²) in [5.41, 5.74) is 4.56. The molecule has 4 nitrogen and oxygen atoms in total. The third kappa shape index (κ3) is 2.79. The van der Waals surface area contributed by atoms with Crippen molar-refractivity contribution in [2.24, 2.45) is 0 Å². The second kappa shape index (κ2) is 5.98. The van der Waals surface area contributed by atoms with Crippen LogP contribution in [-0.2, 0) is 6.54 Å². The highest BCUT2D eigenvalue weighted by Gasteiger charge is 2.10. The SMILES string of the molecule is CC(NCc1cn[nH]c1-c1cccnc1)c1ccsc1. The molecule has 3 rings (SSSR count). The molecule has 0 aliphatic rings. The maximum Gasteiger partial charge on any atom is 0.0710 e. The Morgan fingerprint density at radius 1 is 1.35 bits per heavy atom. The van der Waals surface area contributed by atoms with Gasteiger partial charge in [-0.15, -0.1) is 0 Å². The van der Waals surface area contributed by atoms with E-state index in [1.165, 1.54) is 5.56 Å². The number of nitrogens with one attached hydrogen (secondary N) is 2. The topological polar surface area (TPSA) is 53.6 Å². The van der Waals surface area contributed by atoms with Gasteiger partial charge in [0.25, 0.3) is 0 Å². The highest BCUT2D eigenvalue weighted by atomic mass is 32.1. The Kier molecular flexibility index (Phi) is 3.90. The van der Waals surface area contributed by atoms with Crippen LogP contribution in [0.3, 0.4) is 0 Å². The van der Waals surface area contributed by atoms with Crippen molar-refractivity contribution in [2.75, 3.05) is 0 Å². The highest BCUT2D eigenvalue weighted by Crippen LogP contribution is 2.21. The summed E-state index contributed by atoms with van der Waals surface area (Å²) in [5, 5.41) is 15.0. The second-order valence-corrected chi connectivity index (χ2v) is 5.45. The number of nitrogens with zero attached hydrogens (tertiary/aromatic N) is 2. The van der Waals surface area contributed by atoms with Crippen LogP contribution in [0.25, 0.3) is 11.3 Å². The molecule has 2 N–H and O–H groups in total. The summed E-state index contributed by atoms with van der Waals surface area (Å²) in [6.45, 7) is 2.95. The van der Waals surface area contributed by atoms with Crippen LogP contribution in [0.4, 0.5) is 0 Å². The van der Waals surface area contributed by atoms with Crippen molar-refractivity contribution >= 4 is 11.3 Å². The maximum absolute atomic E-state index is 4.15. The number of thiophene rings is 1. The van der Waals surface area contributed by atoms with Crippen molar-refractivity contribution in [3.05, 3.63) is 58.7 Å². The van der Waals surface area contributed by atoms with Gasteiger partial charge in [-0.1, -0.05) is 0 Å². The Balaban J connectivity index is 1.72. The molecule has 0 aliphatic carbocycles. The van der Waals surface area contributed by atoms with Gasteiger partial charge < -0.3 is 5.32 Å². The monoisotopic (exact) mass is 284 g/mol. The molecule has 0 amide bonds. The van der Waals surface area contributed by atoms with Crippen molar-refractivity contribution < 1.29 is 0 Å². The number of aromatic amines is 1. The molecule has 1 unspecified atom stereocenters. The number of hydrogen-bond acceptors (Lipinski definition) is 4. The van der Waals surface area contributed by atoms with Crippen molar-refractivity contribution in [3.63, 3.8) is 0 Å². The van der Waals surface area contributed by atoms with E-state index in [1.807, 2.05) is 24.5 Å². The van der Waals surface area contributed by atoms with Gasteiger partial charge in [-0.25, -0.2) is 0 Å². The molecule has 3 aromatic rings. The first-order valence-corrected chi connectivity index (χ1v) is 7.47. The molecule has 102 valence electrons. The molecule has 0 radical (unpaired) electrons. The number of aromatic nitrogens is 3. The van der Waals surface area contributed by atoms with Gasteiger partial charge >= 0.3 is 0 Å². The van der Waals surface area contributed by atoms with Gasteiger partial charge in [-0.2, -0.15) is 16.4 Å². The molecule has 5 heteroatoms. The molecular formula is C15H16N4S. The summed E-state index contributed by atoms with van der Waals surface area (Å²) in [4.78, 5) is 4.15. The van der Waals surface area contributed by atoms with Crippen LogP contribution in [0.2, 0.25) is 0 Å². The standard InChI is InChI=1S/C15H16N4S/c1-11(13-4-6-20-10-13)17-8-14-9-18-19-15(14)12-3-2-5-16-7-12/h2-7,9-11,17H,8H2,1H3,(H,18,19). The van der Waals surface area contributed by atoms with E-state index in [1.54, 1.807) is 17.5 Å². The summed E-state index contributed by atoms with van der Waals surface area (Å²) in [5.74, 6) is 0. The zero-order valence-electron chi connectivity index (χ0n) is 11.2. The first kappa shape index (κ1) is 13.0. The first-order valence-electron chi connectivity index (χ1n) is 6.52. The molecule has 3 heterocycles. The average Bonchev–Trinajstić information content (AvgIpc) is 3.17. The van der Waals surface area contributed by atoms with Crippen molar-refractivity contribution in [1.29, 1.82) is 0 Å². The van der Waals surface area contributed by atoms with Gasteiger partial charge in [-0.05, 0) is 41.4 Å². The van der Waals surface area contributed by atoms with Gasteiger partial charge in [0.15, 0.2) is 0 Å². The summed E-state index contributed by atoms with van der Waals surface area (Å²) in [6, 6.07) is 6.45. The smallest absolute Gasteiger partial charge is 0.0710 e. The summed E-state index contributed by atoms with van der Waals surface area (Å²) >= 11 is 1.72. The predicted octanol–water partition coefficient (Wildman–Crippen LogP) is 3.38. The lowest BCUT2D eigenvalue weighted by molar-refractivity contribution is 0.577. The summed E-state index contributed by atoms with van der Waals surface area (Å²) < 4.78 is 0. The average molecular weight is 284 g/mol. The molecule has 0 spiro atoms. The van der Waals surface area contributed by atoms with E-state index in [-0.39, 0.29) is 0 Å². The minimum atomic E-state index is 0.331. The Labute approximate surface area is 121 Å². The normalized spacial score (nSPS) is 12.4. The molecule has 0 bridgehead atoms. The molecule has 0 saturated carbocycles. The lowest BCUT2D eigenvalue weighted by atomic mass is 10.1. The highest BCUT2D eigenvalue weighted by molar-refractivity contribution is 7.07. The number of hydrogen-bond donors (Lipinski definition) is 2. The number of pyridine rings is 1. The summed E-state index contributed by atoms with van der Waals surface area (Å²) in [6.07, 6.45) is 5.49. The van der Waals surface area contributed by atoms with Crippen molar-refractivity contribution in [1.82, 2.24) is 20.5 Å². The van der Waals surface area contributed by atoms with Gasteiger partial charge in [-0.3, -0.25) is 10.1 Å². The lowest BCUT2D eigenvalue weighted by Gasteiger charge is -2.12. The van der Waals surface area contributed by atoms with Gasteiger partial charge in [0.05, 0.1) is 11.9 Å². The van der Waals surface area contributed by atoms with E-state index >= 15 is 0 Å². The van der Waals surface area contributed by atoms with Crippen LogP contribution >= 0.6 is 11.3 Å². The zero-order chi connectivity index (χ0) is 13.8. The fourth-order valence-electron chi connectivity index (χ4n) is 2.11. The quantitative estimate of drug-likeness (QED) is 0.755. The zero-order valence-corrected chi connectivity index (χ0v) is 12.0. The maximum atomic E-state index is 4.15. The first-order chi connectivity index (χ1) is 9.84. The summed E-state index contributed by atoms with van der Waals surface area (Å²) in [7, 11) is 0. The second-order valence-electron chi connectivity index (χ2n) is 4.67. The Morgan fingerprint density at radius 3 is 3.05 bits per heavy atom. The van der Waals surface area contributed by atoms with E-state index in [4.69, 9.17) is 0 Å². The number of rotatable bonds is 5. The lowest BCUT2D eigenvalue weighted by Crippen LogP contribution is -2.17. The third-order valence-corrected chi connectivity index (χ3v) is 4.01. The van der Waals surface area contributed by atoms with Crippen LogP contribution in [0.1, 0.15) is 24.1 Å². The molecule has 0 aliphatic heterocycles. The molecule has 1 atom stereocenters. The van der Waals surface area contributed by atoms with E-state index in [9.17, 15) is 0 Å². The van der Waals surface area contributed by atoms with Gasteiger partial charge in [0, 0.05) is 36.1 Å². The van der Waals surface area contributed by atoms with E-state index < -0.39 is 0 Å². The van der Waals surface area contributed by atoms with Gasteiger partial charge in [0.1, 0.15) is 0 Å². The molecule has 0 aromatic carbocycles. The molecular weight excluding hydrogens is 268 g/mol. The Hall–Kier alpha value is -1.98. The molecule has 0 saturated heterocycles. The molecule has 3 aromatic heterocycles. The van der Waals surface area contributed by atoms with Gasteiger partial charge in [0.2, 0.25) is 0 Å². The Bertz CT molecular complexity index is 646. The fraction of sp³-hybridized carbons (Fsp3) is 0.200. The van der Waals surface area contributed by atoms with Crippen molar-refractivity contribution in [3.8, 4) is 11.3 Å². The van der Waals surface area contributed by atoms with Crippen molar-refractivity contribution in [2.45, 2.75) is 19.5 Å². The van der Waals surface area contributed by atoms with Crippen LogP contribution in [-0.4, -0.2) is 15.2 Å². The van der Waals surface area contributed by atoms with Crippen LogP contribution in [0.15, 0.2) is 47.5 Å².